The Morgan fingerprint density at radius 3 is 2.17 bits per heavy atom. The third-order valence-electron chi connectivity index (χ3n) is 3.04. The second kappa shape index (κ2) is 5.89. The Kier molecular flexibility index (Phi) is 4.24. The number of nitrogens with two attached hydrogens (primary N) is 1. The van der Waals surface area contributed by atoms with Gasteiger partial charge in [0.15, 0.2) is 0 Å². The summed E-state index contributed by atoms with van der Waals surface area (Å²) in [6.07, 6.45) is 0.860. The summed E-state index contributed by atoms with van der Waals surface area (Å²) in [4.78, 5) is 0. The van der Waals surface area contributed by atoms with E-state index in [1.807, 2.05) is 36.4 Å². The van der Waals surface area contributed by atoms with Crippen molar-refractivity contribution in [3.63, 3.8) is 0 Å². The molecule has 3 heteroatoms. The molecule has 2 nitrogen and oxygen atoms in total. The molecule has 2 rings (SSSR count). The van der Waals surface area contributed by atoms with Crippen LogP contribution in [0.25, 0.3) is 0 Å². The molecule has 0 aromatic heterocycles. The Labute approximate surface area is 112 Å². The van der Waals surface area contributed by atoms with Crippen LogP contribution in [0.2, 0.25) is 5.02 Å². The summed E-state index contributed by atoms with van der Waals surface area (Å²) in [7, 11) is 0. The minimum absolute atomic E-state index is 0.270. The number of phenolic OH excluding ortho intramolecular Hbond substituents is 1. The van der Waals surface area contributed by atoms with Crippen LogP contribution in [0.3, 0.4) is 0 Å². The highest BCUT2D eigenvalue weighted by molar-refractivity contribution is 6.30. The van der Waals surface area contributed by atoms with Crippen molar-refractivity contribution in [3.8, 4) is 5.75 Å². The summed E-state index contributed by atoms with van der Waals surface area (Å²) < 4.78 is 0. The molecule has 0 bridgehead atoms. The molecule has 0 saturated carbocycles. The zero-order valence-corrected chi connectivity index (χ0v) is 10.8. The molecule has 1 unspecified atom stereocenters. The molecule has 0 spiro atoms. The number of hydrogen-bond donors (Lipinski definition) is 2. The van der Waals surface area contributed by atoms with Crippen molar-refractivity contribution >= 4 is 11.6 Å². The minimum Gasteiger partial charge on any atom is -0.508 e. The lowest BCUT2D eigenvalue weighted by Crippen LogP contribution is -2.14. The van der Waals surface area contributed by atoms with Gasteiger partial charge in [-0.25, -0.2) is 0 Å². The van der Waals surface area contributed by atoms with E-state index < -0.39 is 0 Å². The number of hydrogen-bond acceptors (Lipinski definition) is 2. The molecule has 3 N–H and O–H groups in total. The van der Waals surface area contributed by atoms with Crippen LogP contribution in [0.15, 0.2) is 48.5 Å². The number of benzene rings is 2. The molecule has 94 valence electrons. The lowest BCUT2D eigenvalue weighted by molar-refractivity contribution is 0.475. The van der Waals surface area contributed by atoms with Gasteiger partial charge >= 0.3 is 0 Å². The molecule has 0 radical (unpaired) electrons. The standard InChI is InChI=1S/C15H16ClNO/c16-14-5-3-12(4-6-14)13(10-17)9-11-1-7-15(18)8-2-11/h1-8,13,18H,9-10,17H2. The van der Waals surface area contributed by atoms with Crippen LogP contribution in [0.1, 0.15) is 17.0 Å². The molecule has 0 fully saturated rings. The van der Waals surface area contributed by atoms with Gasteiger partial charge in [-0.1, -0.05) is 35.9 Å². The highest BCUT2D eigenvalue weighted by Crippen LogP contribution is 2.22. The van der Waals surface area contributed by atoms with E-state index >= 15 is 0 Å². The molecule has 0 aliphatic heterocycles. The van der Waals surface area contributed by atoms with Gasteiger partial charge in [0.1, 0.15) is 5.75 Å². The van der Waals surface area contributed by atoms with Gasteiger partial charge in [0.25, 0.3) is 0 Å². The third-order valence-corrected chi connectivity index (χ3v) is 3.30. The Morgan fingerprint density at radius 1 is 1.00 bits per heavy atom. The van der Waals surface area contributed by atoms with Crippen LogP contribution in [0, 0.1) is 0 Å². The number of halogens is 1. The topological polar surface area (TPSA) is 46.2 Å². The summed E-state index contributed by atoms with van der Waals surface area (Å²) in [5.74, 6) is 0.557. The summed E-state index contributed by atoms with van der Waals surface area (Å²) >= 11 is 5.88. The first kappa shape index (κ1) is 12.9. The molecular weight excluding hydrogens is 246 g/mol. The fourth-order valence-electron chi connectivity index (χ4n) is 1.99. The maximum atomic E-state index is 9.26. The molecule has 18 heavy (non-hydrogen) atoms. The molecule has 2 aromatic rings. The summed E-state index contributed by atoms with van der Waals surface area (Å²) in [5, 5.41) is 9.99. The van der Waals surface area contributed by atoms with Crippen LogP contribution in [-0.4, -0.2) is 11.7 Å². The zero-order chi connectivity index (χ0) is 13.0. The molecule has 1 atom stereocenters. The van der Waals surface area contributed by atoms with E-state index in [0.717, 1.165) is 11.4 Å². The van der Waals surface area contributed by atoms with Crippen LogP contribution in [-0.2, 0) is 6.42 Å². The Bertz CT molecular complexity index is 493. The Morgan fingerprint density at radius 2 is 1.61 bits per heavy atom. The first-order chi connectivity index (χ1) is 8.69. The normalized spacial score (nSPS) is 12.3. The highest BCUT2D eigenvalue weighted by Gasteiger charge is 2.10. The van der Waals surface area contributed by atoms with Gasteiger partial charge in [-0.3, -0.25) is 0 Å². The second-order valence-corrected chi connectivity index (χ2v) is 4.79. The van der Waals surface area contributed by atoms with Gasteiger partial charge in [-0.05, 0) is 48.4 Å². The van der Waals surface area contributed by atoms with Gasteiger partial charge in [-0.2, -0.15) is 0 Å². The van der Waals surface area contributed by atoms with Crippen LogP contribution >= 0.6 is 11.6 Å². The molecule has 0 saturated heterocycles. The van der Waals surface area contributed by atoms with Crippen molar-refractivity contribution in [2.75, 3.05) is 6.54 Å². The van der Waals surface area contributed by atoms with Gasteiger partial charge in [-0.15, -0.1) is 0 Å². The van der Waals surface area contributed by atoms with Crippen molar-refractivity contribution in [1.82, 2.24) is 0 Å². The molecule has 0 heterocycles. The molecule has 0 aliphatic carbocycles. The fraction of sp³-hybridized carbons (Fsp3) is 0.200. The third kappa shape index (κ3) is 3.25. The average molecular weight is 262 g/mol. The average Bonchev–Trinajstić information content (AvgIpc) is 2.39. The van der Waals surface area contributed by atoms with E-state index in [-0.39, 0.29) is 11.7 Å². The molecule has 2 aromatic carbocycles. The lowest BCUT2D eigenvalue weighted by Gasteiger charge is -2.15. The summed E-state index contributed by atoms with van der Waals surface area (Å²) in [6, 6.07) is 15.0. The van der Waals surface area contributed by atoms with E-state index in [0.29, 0.717) is 6.54 Å². The molecule has 0 amide bonds. The van der Waals surface area contributed by atoms with Gasteiger partial charge in [0.05, 0.1) is 0 Å². The monoisotopic (exact) mass is 261 g/mol. The van der Waals surface area contributed by atoms with Gasteiger partial charge in [0, 0.05) is 10.9 Å². The molecular formula is C15H16ClNO. The van der Waals surface area contributed by atoms with Crippen LogP contribution in [0.5, 0.6) is 5.75 Å². The smallest absolute Gasteiger partial charge is 0.115 e. The lowest BCUT2D eigenvalue weighted by atomic mass is 9.92. The van der Waals surface area contributed by atoms with E-state index in [1.165, 1.54) is 11.1 Å². The fourth-order valence-corrected chi connectivity index (χ4v) is 2.11. The molecule has 0 aliphatic rings. The SMILES string of the molecule is NCC(Cc1ccc(O)cc1)c1ccc(Cl)cc1. The summed E-state index contributed by atoms with van der Waals surface area (Å²) in [5.41, 5.74) is 8.19. The van der Waals surface area contributed by atoms with Gasteiger partial charge < -0.3 is 10.8 Å². The van der Waals surface area contributed by atoms with Crippen molar-refractivity contribution in [3.05, 3.63) is 64.7 Å². The van der Waals surface area contributed by atoms with Crippen molar-refractivity contribution < 1.29 is 5.11 Å². The van der Waals surface area contributed by atoms with Crippen molar-refractivity contribution in [2.45, 2.75) is 12.3 Å². The largest absolute Gasteiger partial charge is 0.508 e. The number of phenols is 1. The highest BCUT2D eigenvalue weighted by atomic mass is 35.5. The van der Waals surface area contributed by atoms with Gasteiger partial charge in [0.2, 0.25) is 0 Å². The van der Waals surface area contributed by atoms with Crippen molar-refractivity contribution in [1.29, 1.82) is 0 Å². The van der Waals surface area contributed by atoms with E-state index in [9.17, 15) is 5.11 Å². The summed E-state index contributed by atoms with van der Waals surface area (Å²) in [6.45, 7) is 0.586. The van der Waals surface area contributed by atoms with Crippen LogP contribution in [0.4, 0.5) is 0 Å². The maximum absolute atomic E-state index is 9.26. The first-order valence-corrected chi connectivity index (χ1v) is 6.30. The van der Waals surface area contributed by atoms with E-state index in [1.54, 1.807) is 12.1 Å². The van der Waals surface area contributed by atoms with E-state index in [2.05, 4.69) is 0 Å². The maximum Gasteiger partial charge on any atom is 0.115 e. The second-order valence-electron chi connectivity index (χ2n) is 4.35. The predicted molar refractivity (Wildman–Crippen MR) is 75.1 cm³/mol. The van der Waals surface area contributed by atoms with Crippen molar-refractivity contribution in [2.24, 2.45) is 5.73 Å². The first-order valence-electron chi connectivity index (χ1n) is 5.92. The zero-order valence-electron chi connectivity index (χ0n) is 10.0. The minimum atomic E-state index is 0.270. The van der Waals surface area contributed by atoms with E-state index in [4.69, 9.17) is 17.3 Å². The Hall–Kier alpha value is -1.51. The predicted octanol–water partition coefficient (Wildman–Crippen LogP) is 3.33. The quantitative estimate of drug-likeness (QED) is 0.887. The van der Waals surface area contributed by atoms with Crippen LogP contribution < -0.4 is 5.73 Å². The Balaban J connectivity index is 2.14. The number of aromatic hydroxyl groups is 1. The number of rotatable bonds is 4.